The van der Waals surface area contributed by atoms with E-state index in [-0.39, 0.29) is 6.54 Å². The Bertz CT molecular complexity index is 510. The molecule has 0 N–H and O–H groups in total. The first-order valence-electron chi connectivity index (χ1n) is 5.86. The number of benzene rings is 1. The van der Waals surface area contributed by atoms with Crippen LogP contribution in [0.3, 0.4) is 0 Å². The Balaban J connectivity index is 2.76. The fourth-order valence-corrected chi connectivity index (χ4v) is 2.84. The van der Waals surface area contributed by atoms with Gasteiger partial charge in [-0.3, -0.25) is 0 Å². The van der Waals surface area contributed by atoms with Gasteiger partial charge < -0.3 is 0 Å². The van der Waals surface area contributed by atoms with Gasteiger partial charge in [0.2, 0.25) is 0 Å². The van der Waals surface area contributed by atoms with Crippen LogP contribution in [0, 0.1) is 5.82 Å². The van der Waals surface area contributed by atoms with Gasteiger partial charge >= 0.3 is 0 Å². The van der Waals surface area contributed by atoms with Gasteiger partial charge in [0.15, 0.2) is 0 Å². The Morgan fingerprint density at radius 1 is 1.21 bits per heavy atom. The highest BCUT2D eigenvalue weighted by Crippen LogP contribution is 2.13. The number of hydrogen-bond acceptors (Lipinski definition) is 2. The Labute approximate surface area is 119 Å². The van der Waals surface area contributed by atoms with Crippen LogP contribution in [-0.4, -0.2) is 43.5 Å². The minimum Gasteiger partial charge on any atom is -0.207 e. The van der Waals surface area contributed by atoms with Gasteiger partial charge in [-0.2, -0.15) is 17.0 Å². The molecule has 19 heavy (non-hydrogen) atoms. The molecule has 0 atom stereocenters. The minimum absolute atomic E-state index is 0.000220. The first-order valence-corrected chi connectivity index (χ1v) is 7.79. The van der Waals surface area contributed by atoms with E-state index in [0.29, 0.717) is 24.4 Å². The van der Waals surface area contributed by atoms with Gasteiger partial charge in [-0.05, 0) is 12.5 Å². The maximum absolute atomic E-state index is 13.5. The molecule has 0 radical (unpaired) electrons. The monoisotopic (exact) mass is 308 g/mol. The van der Waals surface area contributed by atoms with Crippen molar-refractivity contribution in [2.75, 3.05) is 26.5 Å². The summed E-state index contributed by atoms with van der Waals surface area (Å²) in [5, 5.41) is 0. The summed E-state index contributed by atoms with van der Waals surface area (Å²) in [6.07, 6.45) is 0.574. The van der Waals surface area contributed by atoms with Crippen molar-refractivity contribution in [2.45, 2.75) is 13.0 Å². The number of hydrogen-bond donors (Lipinski definition) is 0. The molecule has 108 valence electrons. The average molecular weight is 309 g/mol. The molecular formula is C12H18ClFN2O2S. The molecule has 0 spiro atoms. The molecule has 1 aromatic rings. The molecule has 0 bridgehead atoms. The molecule has 0 fully saturated rings. The predicted molar refractivity (Wildman–Crippen MR) is 74.8 cm³/mol. The van der Waals surface area contributed by atoms with Crippen molar-refractivity contribution in [3.63, 3.8) is 0 Å². The molecule has 1 rings (SSSR count). The number of halogens is 2. The predicted octanol–water partition coefficient (Wildman–Crippen LogP) is 2.06. The topological polar surface area (TPSA) is 40.6 Å². The highest BCUT2D eigenvalue weighted by Gasteiger charge is 2.23. The summed E-state index contributed by atoms with van der Waals surface area (Å²) in [6, 6.07) is 6.13. The largest absolute Gasteiger partial charge is 0.281 e. The Hall–Kier alpha value is -0.690. The smallest absolute Gasteiger partial charge is 0.207 e. The maximum Gasteiger partial charge on any atom is 0.281 e. The summed E-state index contributed by atoms with van der Waals surface area (Å²) in [4.78, 5) is 0. The molecule has 0 saturated heterocycles. The van der Waals surface area contributed by atoms with Crippen molar-refractivity contribution in [2.24, 2.45) is 0 Å². The van der Waals surface area contributed by atoms with Crippen molar-refractivity contribution < 1.29 is 12.8 Å². The van der Waals surface area contributed by atoms with Crippen molar-refractivity contribution in [1.82, 2.24) is 8.61 Å². The normalized spacial score (nSPS) is 12.3. The summed E-state index contributed by atoms with van der Waals surface area (Å²) < 4.78 is 40.1. The van der Waals surface area contributed by atoms with Gasteiger partial charge in [0.05, 0.1) is 0 Å². The zero-order valence-corrected chi connectivity index (χ0v) is 12.6. The second-order valence-electron chi connectivity index (χ2n) is 4.22. The van der Waals surface area contributed by atoms with Crippen molar-refractivity contribution >= 4 is 21.8 Å². The van der Waals surface area contributed by atoms with E-state index in [1.54, 1.807) is 18.2 Å². The van der Waals surface area contributed by atoms with Gasteiger partial charge in [-0.1, -0.05) is 18.2 Å². The second-order valence-corrected chi connectivity index (χ2v) is 6.74. The lowest BCUT2D eigenvalue weighted by Crippen LogP contribution is -2.39. The summed E-state index contributed by atoms with van der Waals surface area (Å²) >= 11 is 5.54. The van der Waals surface area contributed by atoms with Crippen molar-refractivity contribution in [3.8, 4) is 0 Å². The molecule has 0 aliphatic carbocycles. The quantitative estimate of drug-likeness (QED) is 0.724. The second kappa shape index (κ2) is 7.19. The van der Waals surface area contributed by atoms with Gasteiger partial charge in [-0.15, -0.1) is 11.6 Å². The van der Waals surface area contributed by atoms with E-state index in [4.69, 9.17) is 11.6 Å². The van der Waals surface area contributed by atoms with Crippen LogP contribution in [0.4, 0.5) is 4.39 Å². The molecular weight excluding hydrogens is 291 g/mol. The van der Waals surface area contributed by atoms with E-state index in [9.17, 15) is 12.8 Å². The first kappa shape index (κ1) is 16.4. The molecule has 0 aliphatic heterocycles. The fourth-order valence-electron chi connectivity index (χ4n) is 1.58. The third kappa shape index (κ3) is 4.42. The standard InChI is InChI=1S/C12H18ClFN2O2S/c1-15(9-5-8-13)19(17,18)16(2)10-11-6-3-4-7-12(11)14/h3-4,6-7H,5,8-10H2,1-2H3. The van der Waals surface area contributed by atoms with Crippen LogP contribution in [0.5, 0.6) is 0 Å². The van der Waals surface area contributed by atoms with Gasteiger partial charge in [0.25, 0.3) is 10.2 Å². The minimum atomic E-state index is -3.58. The van der Waals surface area contributed by atoms with Crippen LogP contribution in [0.2, 0.25) is 0 Å². The molecule has 7 heteroatoms. The number of rotatable bonds is 7. The van der Waals surface area contributed by atoms with Crippen LogP contribution < -0.4 is 0 Å². The lowest BCUT2D eigenvalue weighted by molar-refractivity contribution is 0.386. The van der Waals surface area contributed by atoms with Crippen LogP contribution in [-0.2, 0) is 16.8 Å². The van der Waals surface area contributed by atoms with Crippen LogP contribution >= 0.6 is 11.6 Å². The molecule has 4 nitrogen and oxygen atoms in total. The van der Waals surface area contributed by atoms with Crippen molar-refractivity contribution in [3.05, 3.63) is 35.6 Å². The van der Waals surface area contributed by atoms with Gasteiger partial charge in [0, 0.05) is 38.6 Å². The summed E-state index contributed by atoms with van der Waals surface area (Å²) in [6.45, 7) is 0.341. The molecule has 0 amide bonds. The number of nitrogens with zero attached hydrogens (tertiary/aromatic N) is 2. The zero-order valence-electron chi connectivity index (χ0n) is 11.0. The molecule has 0 saturated carbocycles. The SMILES string of the molecule is CN(CCCCl)S(=O)(=O)N(C)Cc1ccccc1F. The third-order valence-corrected chi connectivity index (χ3v) is 4.90. The molecule has 1 aromatic carbocycles. The highest BCUT2D eigenvalue weighted by molar-refractivity contribution is 7.86. The van der Waals surface area contributed by atoms with E-state index < -0.39 is 16.0 Å². The number of alkyl halides is 1. The van der Waals surface area contributed by atoms with E-state index in [2.05, 4.69) is 0 Å². The van der Waals surface area contributed by atoms with Crippen LogP contribution in [0.15, 0.2) is 24.3 Å². The summed E-state index contributed by atoms with van der Waals surface area (Å²) in [5.74, 6) is -0.00960. The highest BCUT2D eigenvalue weighted by atomic mass is 35.5. The van der Waals surface area contributed by atoms with Crippen molar-refractivity contribution in [1.29, 1.82) is 0 Å². The third-order valence-electron chi connectivity index (χ3n) is 2.75. The lowest BCUT2D eigenvalue weighted by atomic mass is 10.2. The average Bonchev–Trinajstić information content (AvgIpc) is 2.38. The molecule has 0 unspecified atom stereocenters. The maximum atomic E-state index is 13.5. The van der Waals surface area contributed by atoms with Crippen LogP contribution in [0.1, 0.15) is 12.0 Å². The van der Waals surface area contributed by atoms with Gasteiger partial charge in [-0.25, -0.2) is 4.39 Å². The molecule has 0 aliphatic rings. The van der Waals surface area contributed by atoms with E-state index in [1.165, 1.54) is 24.5 Å². The molecule has 0 aromatic heterocycles. The molecule has 0 heterocycles. The van der Waals surface area contributed by atoms with E-state index >= 15 is 0 Å². The van der Waals surface area contributed by atoms with Crippen LogP contribution in [0.25, 0.3) is 0 Å². The zero-order chi connectivity index (χ0) is 14.5. The fraction of sp³-hybridized carbons (Fsp3) is 0.500. The van der Waals surface area contributed by atoms with E-state index in [0.717, 1.165) is 4.31 Å². The van der Waals surface area contributed by atoms with Gasteiger partial charge in [0.1, 0.15) is 5.82 Å². The Morgan fingerprint density at radius 2 is 1.84 bits per heavy atom. The first-order chi connectivity index (χ1) is 8.89. The summed E-state index contributed by atoms with van der Waals surface area (Å²) in [7, 11) is -0.669. The lowest BCUT2D eigenvalue weighted by Gasteiger charge is -2.24. The Morgan fingerprint density at radius 3 is 2.42 bits per heavy atom. The summed E-state index contributed by atoms with van der Waals surface area (Å²) in [5.41, 5.74) is 0.347. The van der Waals surface area contributed by atoms with E-state index in [1.807, 2.05) is 0 Å². The Kier molecular flexibility index (Phi) is 6.19.